The number of anilines is 1. The lowest BCUT2D eigenvalue weighted by Gasteiger charge is -2.29. The monoisotopic (exact) mass is 313 g/mol. The van der Waals surface area contributed by atoms with E-state index in [0.29, 0.717) is 13.2 Å². The molecule has 112 valence electrons. The van der Waals surface area contributed by atoms with Crippen molar-refractivity contribution in [2.75, 3.05) is 31.2 Å². The van der Waals surface area contributed by atoms with Gasteiger partial charge in [-0.3, -0.25) is 0 Å². The van der Waals surface area contributed by atoms with Crippen molar-refractivity contribution in [3.8, 4) is 10.4 Å². The molecule has 1 aliphatic heterocycles. The van der Waals surface area contributed by atoms with Crippen molar-refractivity contribution in [1.82, 2.24) is 0 Å². The molecule has 6 heteroatoms. The molecular formula is C15H14F3NOS. The quantitative estimate of drug-likeness (QED) is 0.821. The Morgan fingerprint density at radius 3 is 2.29 bits per heavy atom. The lowest BCUT2D eigenvalue weighted by atomic mass is 10.1. The first-order valence-corrected chi connectivity index (χ1v) is 7.51. The molecule has 0 unspecified atom stereocenters. The minimum Gasteiger partial charge on any atom is -0.378 e. The highest BCUT2D eigenvalue weighted by Gasteiger charge is 2.30. The largest absolute Gasteiger partial charge is 0.416 e. The zero-order valence-corrected chi connectivity index (χ0v) is 12.0. The molecule has 0 N–H and O–H groups in total. The number of hydrogen-bond acceptors (Lipinski definition) is 3. The van der Waals surface area contributed by atoms with Crippen molar-refractivity contribution in [2.24, 2.45) is 0 Å². The zero-order valence-electron chi connectivity index (χ0n) is 11.2. The van der Waals surface area contributed by atoms with Crippen molar-refractivity contribution >= 4 is 17.0 Å². The molecule has 2 aromatic rings. The number of alkyl halides is 3. The summed E-state index contributed by atoms with van der Waals surface area (Å²) in [5.74, 6) is 0. The predicted molar refractivity (Wildman–Crippen MR) is 77.8 cm³/mol. The third-order valence-electron chi connectivity index (χ3n) is 3.47. The van der Waals surface area contributed by atoms with E-state index in [1.54, 1.807) is 23.5 Å². The van der Waals surface area contributed by atoms with Crippen molar-refractivity contribution in [3.05, 3.63) is 41.3 Å². The summed E-state index contributed by atoms with van der Waals surface area (Å²) < 4.78 is 43.2. The Balaban J connectivity index is 1.89. The number of thiophene rings is 1. The smallest absolute Gasteiger partial charge is 0.378 e. The van der Waals surface area contributed by atoms with Crippen LogP contribution in [0.1, 0.15) is 5.56 Å². The van der Waals surface area contributed by atoms with E-state index in [9.17, 15) is 13.2 Å². The van der Waals surface area contributed by atoms with Gasteiger partial charge in [-0.15, -0.1) is 11.3 Å². The van der Waals surface area contributed by atoms with E-state index in [1.165, 1.54) is 0 Å². The minimum atomic E-state index is -4.29. The molecule has 0 amide bonds. The second kappa shape index (κ2) is 5.69. The minimum absolute atomic E-state index is 0.615. The fourth-order valence-electron chi connectivity index (χ4n) is 2.38. The zero-order chi connectivity index (χ0) is 14.9. The van der Waals surface area contributed by atoms with Gasteiger partial charge >= 0.3 is 6.18 Å². The molecule has 21 heavy (non-hydrogen) atoms. The van der Waals surface area contributed by atoms with Gasteiger partial charge in [0.1, 0.15) is 0 Å². The van der Waals surface area contributed by atoms with Crippen molar-refractivity contribution in [3.63, 3.8) is 0 Å². The number of benzene rings is 1. The molecule has 0 saturated carbocycles. The Labute approximate surface area is 124 Å². The Morgan fingerprint density at radius 1 is 1.00 bits per heavy atom. The predicted octanol–water partition coefficient (Wildman–Crippen LogP) is 4.27. The average Bonchev–Trinajstić information content (AvgIpc) is 2.97. The van der Waals surface area contributed by atoms with Crippen LogP contribution in [0.2, 0.25) is 0 Å². The van der Waals surface area contributed by atoms with E-state index in [1.807, 2.05) is 11.4 Å². The summed E-state index contributed by atoms with van der Waals surface area (Å²) in [7, 11) is 0. The van der Waals surface area contributed by atoms with E-state index in [0.717, 1.165) is 41.4 Å². The van der Waals surface area contributed by atoms with Gasteiger partial charge in [0.05, 0.1) is 29.3 Å². The van der Waals surface area contributed by atoms with Gasteiger partial charge in [-0.2, -0.15) is 13.2 Å². The van der Waals surface area contributed by atoms with Crippen molar-refractivity contribution in [2.45, 2.75) is 6.18 Å². The molecule has 0 atom stereocenters. The van der Waals surface area contributed by atoms with Crippen LogP contribution in [0.4, 0.5) is 18.9 Å². The van der Waals surface area contributed by atoms with Gasteiger partial charge in [0, 0.05) is 13.1 Å². The molecule has 2 heterocycles. The van der Waals surface area contributed by atoms with E-state index in [4.69, 9.17) is 4.74 Å². The summed E-state index contributed by atoms with van der Waals surface area (Å²) in [5, 5.41) is 1.97. The number of nitrogens with zero attached hydrogens (tertiary/aromatic N) is 1. The Morgan fingerprint density at radius 2 is 1.67 bits per heavy atom. The number of morpholine rings is 1. The third kappa shape index (κ3) is 3.06. The molecule has 1 aliphatic rings. The maximum Gasteiger partial charge on any atom is 0.416 e. The van der Waals surface area contributed by atoms with E-state index in [2.05, 4.69) is 4.90 Å². The second-order valence-electron chi connectivity index (χ2n) is 4.81. The average molecular weight is 313 g/mol. The SMILES string of the molecule is FC(F)(F)c1ccc(-c2sccc2N2CCOCC2)cc1. The normalized spacial score (nSPS) is 16.2. The van der Waals surface area contributed by atoms with Crippen LogP contribution in [0.25, 0.3) is 10.4 Å². The maximum atomic E-state index is 12.6. The molecule has 0 bridgehead atoms. The van der Waals surface area contributed by atoms with Crippen LogP contribution in [-0.4, -0.2) is 26.3 Å². The summed E-state index contributed by atoms with van der Waals surface area (Å²) in [6.45, 7) is 2.99. The first kappa shape index (κ1) is 14.4. The number of ether oxygens (including phenoxy) is 1. The van der Waals surface area contributed by atoms with Gasteiger partial charge in [-0.1, -0.05) is 12.1 Å². The van der Waals surface area contributed by atoms with E-state index >= 15 is 0 Å². The lowest BCUT2D eigenvalue weighted by Crippen LogP contribution is -2.36. The fourth-order valence-corrected chi connectivity index (χ4v) is 3.31. The van der Waals surface area contributed by atoms with Crippen molar-refractivity contribution < 1.29 is 17.9 Å². The van der Waals surface area contributed by atoms with Crippen molar-refractivity contribution in [1.29, 1.82) is 0 Å². The molecule has 1 aromatic carbocycles. The first-order valence-electron chi connectivity index (χ1n) is 6.63. The van der Waals surface area contributed by atoms with E-state index in [-0.39, 0.29) is 0 Å². The Hall–Kier alpha value is -1.53. The topological polar surface area (TPSA) is 12.5 Å². The molecule has 1 saturated heterocycles. The summed E-state index contributed by atoms with van der Waals surface area (Å²) in [6, 6.07) is 7.37. The first-order chi connectivity index (χ1) is 10.1. The number of halogens is 3. The van der Waals surface area contributed by atoms with Crippen LogP contribution in [0, 0.1) is 0 Å². The molecule has 3 rings (SSSR count). The molecule has 2 nitrogen and oxygen atoms in total. The maximum absolute atomic E-state index is 12.6. The van der Waals surface area contributed by atoms with Crippen LogP contribution in [0.3, 0.4) is 0 Å². The summed E-state index contributed by atoms with van der Waals surface area (Å²) >= 11 is 1.55. The summed E-state index contributed by atoms with van der Waals surface area (Å²) in [5.41, 5.74) is 1.28. The van der Waals surface area contributed by atoms with Gasteiger partial charge in [-0.25, -0.2) is 0 Å². The summed E-state index contributed by atoms with van der Waals surface area (Å²) in [4.78, 5) is 3.22. The molecule has 0 radical (unpaired) electrons. The van der Waals surface area contributed by atoms with Gasteiger partial charge in [0.2, 0.25) is 0 Å². The third-order valence-corrected chi connectivity index (χ3v) is 4.42. The highest BCUT2D eigenvalue weighted by Crippen LogP contribution is 2.38. The van der Waals surface area contributed by atoms with Crippen LogP contribution < -0.4 is 4.90 Å². The van der Waals surface area contributed by atoms with Gasteiger partial charge in [0.15, 0.2) is 0 Å². The van der Waals surface area contributed by atoms with Gasteiger partial charge < -0.3 is 9.64 Å². The second-order valence-corrected chi connectivity index (χ2v) is 5.73. The molecule has 0 spiro atoms. The standard InChI is InChI=1S/C15H14F3NOS/c16-15(17,18)12-3-1-11(2-4-12)14-13(5-10-21-14)19-6-8-20-9-7-19/h1-5,10H,6-9H2. The summed E-state index contributed by atoms with van der Waals surface area (Å²) in [6.07, 6.45) is -4.29. The fraction of sp³-hybridized carbons (Fsp3) is 0.333. The number of rotatable bonds is 2. The van der Waals surface area contributed by atoms with Gasteiger partial charge in [0.25, 0.3) is 0 Å². The van der Waals surface area contributed by atoms with Gasteiger partial charge in [-0.05, 0) is 29.1 Å². The van der Waals surface area contributed by atoms with Crippen LogP contribution in [0.5, 0.6) is 0 Å². The van der Waals surface area contributed by atoms with E-state index < -0.39 is 11.7 Å². The lowest BCUT2D eigenvalue weighted by molar-refractivity contribution is -0.137. The highest BCUT2D eigenvalue weighted by molar-refractivity contribution is 7.14. The molecule has 1 fully saturated rings. The highest BCUT2D eigenvalue weighted by atomic mass is 32.1. The van der Waals surface area contributed by atoms with Crippen LogP contribution in [0.15, 0.2) is 35.7 Å². The number of hydrogen-bond donors (Lipinski definition) is 0. The van der Waals surface area contributed by atoms with Crippen LogP contribution in [-0.2, 0) is 10.9 Å². The van der Waals surface area contributed by atoms with Crippen LogP contribution >= 0.6 is 11.3 Å². The Bertz CT molecular complexity index is 600. The molecule has 0 aliphatic carbocycles. The molecule has 1 aromatic heterocycles. The molecular weight excluding hydrogens is 299 g/mol. The Kier molecular flexibility index (Phi) is 3.91.